The van der Waals surface area contributed by atoms with Gasteiger partial charge in [0.1, 0.15) is 17.6 Å². The van der Waals surface area contributed by atoms with Crippen molar-refractivity contribution in [1.82, 2.24) is 0 Å². The van der Waals surface area contributed by atoms with Gasteiger partial charge in [-0.1, -0.05) is 30.3 Å². The lowest BCUT2D eigenvalue weighted by Crippen LogP contribution is -1.94. The molecule has 2 aromatic rings. The van der Waals surface area contributed by atoms with Gasteiger partial charge in [-0.25, -0.2) is 0 Å². The SMILES string of the molecule is O=CO[C@@H]1CC1c1cccc(Oc2ccccc2)c1. The number of hydrogen-bond donors (Lipinski definition) is 0. The Kier molecular flexibility index (Phi) is 3.19. The second-order valence-electron chi connectivity index (χ2n) is 4.60. The van der Waals surface area contributed by atoms with Gasteiger partial charge < -0.3 is 9.47 Å². The molecular weight excluding hydrogens is 240 g/mol. The van der Waals surface area contributed by atoms with E-state index in [2.05, 4.69) is 0 Å². The third-order valence-electron chi connectivity index (χ3n) is 3.23. The minimum absolute atomic E-state index is 0.0319. The largest absolute Gasteiger partial charge is 0.464 e. The van der Waals surface area contributed by atoms with Crippen molar-refractivity contribution >= 4 is 6.47 Å². The van der Waals surface area contributed by atoms with E-state index in [0.717, 1.165) is 23.5 Å². The van der Waals surface area contributed by atoms with E-state index in [1.807, 2.05) is 54.6 Å². The molecule has 19 heavy (non-hydrogen) atoms. The monoisotopic (exact) mass is 254 g/mol. The number of rotatable bonds is 5. The first-order valence-electron chi connectivity index (χ1n) is 6.29. The van der Waals surface area contributed by atoms with Crippen LogP contribution in [0.2, 0.25) is 0 Å². The van der Waals surface area contributed by atoms with Gasteiger partial charge in [-0.15, -0.1) is 0 Å². The van der Waals surface area contributed by atoms with Crippen LogP contribution < -0.4 is 4.74 Å². The summed E-state index contributed by atoms with van der Waals surface area (Å²) in [5.74, 6) is 1.93. The maximum absolute atomic E-state index is 10.3. The number of hydrogen-bond acceptors (Lipinski definition) is 3. The summed E-state index contributed by atoms with van der Waals surface area (Å²) in [4.78, 5) is 10.3. The molecule has 0 bridgehead atoms. The molecule has 0 radical (unpaired) electrons. The van der Waals surface area contributed by atoms with Gasteiger partial charge in [0.05, 0.1) is 0 Å². The van der Waals surface area contributed by atoms with Gasteiger partial charge in [-0.3, -0.25) is 4.79 Å². The molecule has 0 aromatic heterocycles. The van der Waals surface area contributed by atoms with Crippen molar-refractivity contribution in [2.24, 2.45) is 0 Å². The number of benzene rings is 2. The molecule has 1 saturated carbocycles. The standard InChI is InChI=1S/C16H14O3/c17-11-18-16-10-15(16)12-5-4-8-14(9-12)19-13-6-2-1-3-7-13/h1-9,11,15-16H,10H2/t15?,16-/m1/s1. The first kappa shape index (κ1) is 11.8. The van der Waals surface area contributed by atoms with E-state index < -0.39 is 0 Å². The molecule has 3 heteroatoms. The van der Waals surface area contributed by atoms with E-state index in [1.54, 1.807) is 0 Å². The summed E-state index contributed by atoms with van der Waals surface area (Å²) >= 11 is 0. The van der Waals surface area contributed by atoms with Crippen LogP contribution in [-0.4, -0.2) is 12.6 Å². The van der Waals surface area contributed by atoms with Crippen LogP contribution in [0.15, 0.2) is 54.6 Å². The Bertz CT molecular complexity index is 565. The van der Waals surface area contributed by atoms with Crippen LogP contribution in [-0.2, 0) is 9.53 Å². The smallest absolute Gasteiger partial charge is 0.293 e. The third kappa shape index (κ3) is 2.76. The van der Waals surface area contributed by atoms with E-state index >= 15 is 0 Å². The normalized spacial score (nSPS) is 20.6. The Hall–Kier alpha value is -2.29. The van der Waals surface area contributed by atoms with E-state index in [1.165, 1.54) is 0 Å². The lowest BCUT2D eigenvalue weighted by atomic mass is 10.1. The van der Waals surface area contributed by atoms with E-state index in [0.29, 0.717) is 12.4 Å². The van der Waals surface area contributed by atoms with Crippen molar-refractivity contribution in [2.75, 3.05) is 0 Å². The average Bonchev–Trinajstić information content (AvgIpc) is 3.20. The molecule has 0 heterocycles. The van der Waals surface area contributed by atoms with Crippen LogP contribution in [0.3, 0.4) is 0 Å². The second kappa shape index (κ2) is 5.14. The van der Waals surface area contributed by atoms with Crippen LogP contribution in [0.4, 0.5) is 0 Å². The molecule has 3 nitrogen and oxygen atoms in total. The molecule has 2 atom stereocenters. The molecular formula is C16H14O3. The first-order chi connectivity index (χ1) is 9.36. The number of carbonyl (C=O) groups is 1. The van der Waals surface area contributed by atoms with Crippen LogP contribution in [0, 0.1) is 0 Å². The molecule has 0 aliphatic heterocycles. The predicted molar refractivity (Wildman–Crippen MR) is 71.3 cm³/mol. The molecule has 1 unspecified atom stereocenters. The molecule has 1 aliphatic rings. The fourth-order valence-electron chi connectivity index (χ4n) is 2.18. The summed E-state index contributed by atoms with van der Waals surface area (Å²) in [6.07, 6.45) is 0.928. The van der Waals surface area contributed by atoms with Crippen molar-refractivity contribution in [1.29, 1.82) is 0 Å². The zero-order valence-electron chi connectivity index (χ0n) is 10.4. The average molecular weight is 254 g/mol. The van der Waals surface area contributed by atoms with Crippen molar-refractivity contribution in [3.63, 3.8) is 0 Å². The molecule has 1 fully saturated rings. The summed E-state index contributed by atoms with van der Waals surface area (Å²) in [5.41, 5.74) is 1.15. The maximum atomic E-state index is 10.3. The lowest BCUT2D eigenvalue weighted by Gasteiger charge is -2.07. The third-order valence-corrected chi connectivity index (χ3v) is 3.23. The number of para-hydroxylation sites is 1. The highest BCUT2D eigenvalue weighted by atomic mass is 16.5. The molecule has 1 aliphatic carbocycles. The summed E-state index contributed by atoms with van der Waals surface area (Å²) in [7, 11) is 0. The van der Waals surface area contributed by atoms with Gasteiger partial charge in [-0.05, 0) is 36.2 Å². The molecule has 3 rings (SSSR count). The quantitative estimate of drug-likeness (QED) is 0.766. The highest BCUT2D eigenvalue weighted by molar-refractivity contribution is 5.42. The van der Waals surface area contributed by atoms with Gasteiger partial charge in [-0.2, -0.15) is 0 Å². The molecule has 96 valence electrons. The Morgan fingerprint density at radius 2 is 1.79 bits per heavy atom. The summed E-state index contributed by atoms with van der Waals surface area (Å²) < 4.78 is 10.7. The highest BCUT2D eigenvalue weighted by Crippen LogP contribution is 2.43. The van der Waals surface area contributed by atoms with Gasteiger partial charge in [0.25, 0.3) is 6.47 Å². The minimum Gasteiger partial charge on any atom is -0.464 e. The lowest BCUT2D eigenvalue weighted by molar-refractivity contribution is -0.129. The van der Waals surface area contributed by atoms with Crippen LogP contribution >= 0.6 is 0 Å². The Morgan fingerprint density at radius 3 is 2.58 bits per heavy atom. The minimum atomic E-state index is 0.0319. The highest BCUT2D eigenvalue weighted by Gasteiger charge is 2.40. The van der Waals surface area contributed by atoms with E-state index in [4.69, 9.17) is 9.47 Å². The molecule has 0 spiro atoms. The Balaban J connectivity index is 1.72. The van der Waals surface area contributed by atoms with Gasteiger partial charge in [0.15, 0.2) is 0 Å². The molecule has 0 amide bonds. The van der Waals surface area contributed by atoms with Crippen LogP contribution in [0.25, 0.3) is 0 Å². The fourth-order valence-corrected chi connectivity index (χ4v) is 2.18. The molecule has 2 aromatic carbocycles. The molecule has 0 saturated heterocycles. The Labute approximate surface area is 111 Å². The summed E-state index contributed by atoms with van der Waals surface area (Å²) in [5, 5.41) is 0. The summed E-state index contributed by atoms with van der Waals surface area (Å²) in [6.45, 7) is 0.523. The van der Waals surface area contributed by atoms with Crippen molar-refractivity contribution in [2.45, 2.75) is 18.4 Å². The van der Waals surface area contributed by atoms with Crippen molar-refractivity contribution < 1.29 is 14.3 Å². The van der Waals surface area contributed by atoms with Crippen LogP contribution in [0.1, 0.15) is 17.9 Å². The van der Waals surface area contributed by atoms with Gasteiger partial charge in [0, 0.05) is 5.92 Å². The molecule has 0 N–H and O–H groups in total. The number of carbonyl (C=O) groups excluding carboxylic acids is 1. The zero-order chi connectivity index (χ0) is 13.1. The van der Waals surface area contributed by atoms with Gasteiger partial charge in [0.2, 0.25) is 0 Å². The fraction of sp³-hybridized carbons (Fsp3) is 0.188. The van der Waals surface area contributed by atoms with Gasteiger partial charge >= 0.3 is 0 Å². The van der Waals surface area contributed by atoms with Crippen molar-refractivity contribution in [3.05, 3.63) is 60.2 Å². The first-order valence-corrected chi connectivity index (χ1v) is 6.29. The Morgan fingerprint density at radius 1 is 1.00 bits per heavy atom. The van der Waals surface area contributed by atoms with Crippen molar-refractivity contribution in [3.8, 4) is 11.5 Å². The van der Waals surface area contributed by atoms with E-state index in [9.17, 15) is 4.79 Å². The summed E-state index contributed by atoms with van der Waals surface area (Å²) in [6, 6.07) is 17.6. The van der Waals surface area contributed by atoms with E-state index in [-0.39, 0.29) is 6.10 Å². The second-order valence-corrected chi connectivity index (χ2v) is 4.60. The topological polar surface area (TPSA) is 35.5 Å². The predicted octanol–water partition coefficient (Wildman–Crippen LogP) is 3.51. The van der Waals surface area contributed by atoms with Crippen LogP contribution in [0.5, 0.6) is 11.5 Å². The zero-order valence-corrected chi connectivity index (χ0v) is 10.4. The number of ether oxygens (including phenoxy) is 2. The maximum Gasteiger partial charge on any atom is 0.293 e.